The van der Waals surface area contributed by atoms with E-state index < -0.39 is 0 Å². The third kappa shape index (κ3) is 5.53. The van der Waals surface area contributed by atoms with E-state index in [-0.39, 0.29) is 0 Å². The van der Waals surface area contributed by atoms with Gasteiger partial charge in [-0.1, -0.05) is 44.2 Å². The van der Waals surface area contributed by atoms with Crippen molar-refractivity contribution in [2.75, 3.05) is 13.1 Å². The summed E-state index contributed by atoms with van der Waals surface area (Å²) < 4.78 is 0. The van der Waals surface area contributed by atoms with E-state index in [2.05, 4.69) is 49.1 Å². The summed E-state index contributed by atoms with van der Waals surface area (Å²) in [7, 11) is 0. The van der Waals surface area contributed by atoms with E-state index in [1.165, 1.54) is 31.2 Å². The highest BCUT2D eigenvalue weighted by atomic mass is 16.2. The average molecular weight is 287 g/mol. The number of likely N-dealkylation sites (tertiary alicyclic amines) is 1. The van der Waals surface area contributed by atoms with Crippen LogP contribution in [-0.4, -0.2) is 23.9 Å². The molecule has 1 saturated heterocycles. The highest BCUT2D eigenvalue weighted by Gasteiger charge is 2.22. The van der Waals surface area contributed by atoms with Gasteiger partial charge in [-0.3, -0.25) is 4.79 Å². The van der Waals surface area contributed by atoms with Crippen LogP contribution in [0.5, 0.6) is 0 Å². The van der Waals surface area contributed by atoms with Gasteiger partial charge in [0.25, 0.3) is 0 Å². The molecular formula is C19H29NO. The Balaban J connectivity index is 1.67. The third-order valence-electron chi connectivity index (χ3n) is 4.59. The normalized spacial score (nSPS) is 16.4. The maximum atomic E-state index is 12.1. The van der Waals surface area contributed by atoms with Crippen molar-refractivity contribution in [3.05, 3.63) is 35.9 Å². The molecule has 1 aromatic carbocycles. The van der Waals surface area contributed by atoms with E-state index in [4.69, 9.17) is 0 Å². The molecule has 1 heterocycles. The zero-order chi connectivity index (χ0) is 15.1. The lowest BCUT2D eigenvalue weighted by molar-refractivity contribution is -0.132. The van der Waals surface area contributed by atoms with Crippen LogP contribution < -0.4 is 0 Å². The molecule has 0 saturated carbocycles. The molecule has 0 aliphatic carbocycles. The van der Waals surface area contributed by atoms with Crippen LogP contribution in [0.25, 0.3) is 0 Å². The van der Waals surface area contributed by atoms with Gasteiger partial charge in [0, 0.05) is 19.5 Å². The van der Waals surface area contributed by atoms with Gasteiger partial charge >= 0.3 is 0 Å². The van der Waals surface area contributed by atoms with Crippen LogP contribution in [-0.2, 0) is 11.2 Å². The highest BCUT2D eigenvalue weighted by Crippen LogP contribution is 2.23. The van der Waals surface area contributed by atoms with Crippen LogP contribution in [0.3, 0.4) is 0 Å². The molecule has 1 aromatic rings. The van der Waals surface area contributed by atoms with Crippen molar-refractivity contribution < 1.29 is 4.79 Å². The lowest BCUT2D eigenvalue weighted by atomic mass is 9.90. The largest absolute Gasteiger partial charge is 0.343 e. The average Bonchev–Trinajstić information content (AvgIpc) is 2.52. The first-order valence-corrected chi connectivity index (χ1v) is 8.47. The second kappa shape index (κ2) is 8.21. The van der Waals surface area contributed by atoms with Crippen molar-refractivity contribution >= 4 is 5.91 Å². The SMILES string of the molecule is CC(C)CCC(=O)N1CCC(CCc2ccccc2)CC1. The minimum Gasteiger partial charge on any atom is -0.343 e. The molecule has 2 heteroatoms. The lowest BCUT2D eigenvalue weighted by Crippen LogP contribution is -2.38. The monoisotopic (exact) mass is 287 g/mol. The van der Waals surface area contributed by atoms with Gasteiger partial charge in [-0.2, -0.15) is 0 Å². The standard InChI is InChI=1S/C19H29NO/c1-16(2)8-11-19(21)20-14-12-18(13-15-20)10-9-17-6-4-3-5-7-17/h3-7,16,18H,8-15H2,1-2H3. The summed E-state index contributed by atoms with van der Waals surface area (Å²) in [4.78, 5) is 14.2. The van der Waals surface area contributed by atoms with Crippen LogP contribution in [0.1, 0.15) is 51.5 Å². The fourth-order valence-corrected chi connectivity index (χ4v) is 3.06. The Hall–Kier alpha value is -1.31. The minimum atomic E-state index is 0.366. The van der Waals surface area contributed by atoms with E-state index in [9.17, 15) is 4.79 Å². The first-order valence-electron chi connectivity index (χ1n) is 8.47. The van der Waals surface area contributed by atoms with Crippen molar-refractivity contribution in [2.24, 2.45) is 11.8 Å². The Labute approximate surface area is 129 Å². The molecule has 21 heavy (non-hydrogen) atoms. The van der Waals surface area contributed by atoms with E-state index in [1.807, 2.05) is 0 Å². The summed E-state index contributed by atoms with van der Waals surface area (Å²) in [6.07, 6.45) is 6.55. The number of carbonyl (C=O) groups excluding carboxylic acids is 1. The van der Waals surface area contributed by atoms with Crippen LogP contribution in [0.15, 0.2) is 30.3 Å². The minimum absolute atomic E-state index is 0.366. The number of amides is 1. The fraction of sp³-hybridized carbons (Fsp3) is 0.632. The van der Waals surface area contributed by atoms with Gasteiger partial charge in [-0.25, -0.2) is 0 Å². The first-order chi connectivity index (χ1) is 10.1. The summed E-state index contributed by atoms with van der Waals surface area (Å²) >= 11 is 0. The molecule has 0 bridgehead atoms. The van der Waals surface area contributed by atoms with Gasteiger partial charge < -0.3 is 4.90 Å². The summed E-state index contributed by atoms with van der Waals surface area (Å²) in [5.41, 5.74) is 1.44. The van der Waals surface area contributed by atoms with E-state index in [0.717, 1.165) is 31.8 Å². The topological polar surface area (TPSA) is 20.3 Å². The summed E-state index contributed by atoms with van der Waals surface area (Å²) in [5.74, 6) is 1.78. The molecule has 0 spiro atoms. The van der Waals surface area contributed by atoms with Crippen molar-refractivity contribution in [3.8, 4) is 0 Å². The second-order valence-electron chi connectivity index (χ2n) is 6.78. The number of nitrogens with zero attached hydrogens (tertiary/aromatic N) is 1. The smallest absolute Gasteiger partial charge is 0.222 e. The van der Waals surface area contributed by atoms with E-state index in [1.54, 1.807) is 0 Å². The lowest BCUT2D eigenvalue weighted by Gasteiger charge is -2.32. The van der Waals surface area contributed by atoms with Crippen molar-refractivity contribution in [3.63, 3.8) is 0 Å². The Bertz CT molecular complexity index is 418. The Morgan fingerprint density at radius 2 is 1.86 bits per heavy atom. The molecular weight excluding hydrogens is 258 g/mol. The number of piperidine rings is 1. The Kier molecular flexibility index (Phi) is 6.28. The van der Waals surface area contributed by atoms with Crippen molar-refractivity contribution in [2.45, 2.75) is 52.4 Å². The van der Waals surface area contributed by atoms with Gasteiger partial charge in [0.1, 0.15) is 0 Å². The molecule has 1 amide bonds. The van der Waals surface area contributed by atoms with Gasteiger partial charge in [0.15, 0.2) is 0 Å². The number of aryl methyl sites for hydroxylation is 1. The zero-order valence-electron chi connectivity index (χ0n) is 13.6. The molecule has 0 atom stereocenters. The number of benzene rings is 1. The number of hydrogen-bond donors (Lipinski definition) is 0. The predicted molar refractivity (Wildman–Crippen MR) is 88.1 cm³/mol. The van der Waals surface area contributed by atoms with Crippen molar-refractivity contribution in [1.29, 1.82) is 0 Å². The van der Waals surface area contributed by atoms with Crippen LogP contribution in [0.4, 0.5) is 0 Å². The number of hydrogen-bond acceptors (Lipinski definition) is 1. The van der Waals surface area contributed by atoms with Crippen LogP contribution >= 0.6 is 0 Å². The second-order valence-corrected chi connectivity index (χ2v) is 6.78. The third-order valence-corrected chi connectivity index (χ3v) is 4.59. The quantitative estimate of drug-likeness (QED) is 0.764. The Morgan fingerprint density at radius 3 is 2.48 bits per heavy atom. The zero-order valence-corrected chi connectivity index (χ0v) is 13.6. The Morgan fingerprint density at radius 1 is 1.19 bits per heavy atom. The van der Waals surface area contributed by atoms with Crippen molar-refractivity contribution in [1.82, 2.24) is 4.90 Å². The molecule has 0 aromatic heterocycles. The van der Waals surface area contributed by atoms with Crippen LogP contribution in [0.2, 0.25) is 0 Å². The van der Waals surface area contributed by atoms with Gasteiger partial charge in [0.05, 0.1) is 0 Å². The molecule has 2 nitrogen and oxygen atoms in total. The number of carbonyl (C=O) groups is 1. The number of rotatable bonds is 6. The molecule has 1 aliphatic rings. The van der Waals surface area contributed by atoms with Gasteiger partial charge in [-0.15, -0.1) is 0 Å². The molecule has 0 radical (unpaired) electrons. The highest BCUT2D eigenvalue weighted by molar-refractivity contribution is 5.76. The molecule has 0 unspecified atom stereocenters. The maximum absolute atomic E-state index is 12.1. The van der Waals surface area contributed by atoms with Gasteiger partial charge in [0.2, 0.25) is 5.91 Å². The van der Waals surface area contributed by atoms with Gasteiger partial charge in [-0.05, 0) is 49.5 Å². The molecule has 2 rings (SSSR count). The molecule has 0 N–H and O–H groups in total. The summed E-state index contributed by atoms with van der Waals surface area (Å²) in [6, 6.07) is 10.7. The molecule has 116 valence electrons. The van der Waals surface area contributed by atoms with Crippen LogP contribution in [0, 0.1) is 11.8 Å². The molecule has 1 aliphatic heterocycles. The summed E-state index contributed by atoms with van der Waals surface area (Å²) in [6.45, 7) is 6.30. The van der Waals surface area contributed by atoms with E-state index in [0.29, 0.717) is 11.8 Å². The maximum Gasteiger partial charge on any atom is 0.222 e. The van der Waals surface area contributed by atoms with E-state index >= 15 is 0 Å². The first kappa shape index (κ1) is 16.1. The predicted octanol–water partition coefficient (Wildman–Crippen LogP) is 4.29. The molecule has 1 fully saturated rings. The fourth-order valence-electron chi connectivity index (χ4n) is 3.06. The summed E-state index contributed by atoms with van der Waals surface area (Å²) in [5, 5.41) is 0.